The summed E-state index contributed by atoms with van der Waals surface area (Å²) in [4.78, 5) is 14.2. The number of hydrogen-bond acceptors (Lipinski definition) is 5. The molecular formula is C13H9N3O4S. The predicted octanol–water partition coefficient (Wildman–Crippen LogP) is 1.45. The molecule has 0 saturated carbocycles. The fraction of sp³-hybridized carbons (Fsp3) is 0. The van der Waals surface area contributed by atoms with Crippen LogP contribution in [0.1, 0.15) is 15.9 Å². The van der Waals surface area contributed by atoms with Crippen molar-refractivity contribution in [1.82, 2.24) is 4.98 Å². The van der Waals surface area contributed by atoms with Crippen LogP contribution in [0.25, 0.3) is 0 Å². The van der Waals surface area contributed by atoms with Gasteiger partial charge in [-0.3, -0.25) is 4.72 Å². The Hall–Kier alpha value is -2.92. The van der Waals surface area contributed by atoms with Crippen LogP contribution >= 0.6 is 0 Å². The first-order valence-electron chi connectivity index (χ1n) is 5.65. The molecule has 0 saturated heterocycles. The molecule has 2 N–H and O–H groups in total. The van der Waals surface area contributed by atoms with Crippen LogP contribution < -0.4 is 4.72 Å². The number of carbonyl (C=O) groups is 1. The average Bonchev–Trinajstić information content (AvgIpc) is 2.47. The van der Waals surface area contributed by atoms with Gasteiger partial charge in [-0.25, -0.2) is 18.2 Å². The van der Waals surface area contributed by atoms with Crippen LogP contribution in [-0.2, 0) is 10.0 Å². The lowest BCUT2D eigenvalue weighted by Gasteiger charge is -2.08. The molecule has 0 unspecified atom stereocenters. The lowest BCUT2D eigenvalue weighted by atomic mass is 10.2. The number of aromatic nitrogens is 1. The highest BCUT2D eigenvalue weighted by Gasteiger charge is 2.18. The standard InChI is InChI=1S/C13H9N3O4S/c14-7-9-3-1-2-4-11(9)21(19,20)16-12-6-5-10(8-15-12)13(17)18/h1-6,8H,(H,15,16)(H,17,18). The van der Waals surface area contributed by atoms with Gasteiger partial charge in [0.15, 0.2) is 0 Å². The third-order valence-corrected chi connectivity index (χ3v) is 3.96. The van der Waals surface area contributed by atoms with E-state index in [9.17, 15) is 13.2 Å². The highest BCUT2D eigenvalue weighted by molar-refractivity contribution is 7.92. The van der Waals surface area contributed by atoms with Crippen LogP contribution in [0.15, 0.2) is 47.5 Å². The number of benzene rings is 1. The number of anilines is 1. The van der Waals surface area contributed by atoms with E-state index in [1.165, 1.54) is 30.3 Å². The van der Waals surface area contributed by atoms with E-state index in [0.29, 0.717) is 0 Å². The summed E-state index contributed by atoms with van der Waals surface area (Å²) in [5, 5.41) is 17.7. The molecule has 21 heavy (non-hydrogen) atoms. The zero-order valence-corrected chi connectivity index (χ0v) is 11.3. The largest absolute Gasteiger partial charge is 0.478 e. The van der Waals surface area contributed by atoms with Gasteiger partial charge in [-0.15, -0.1) is 0 Å². The second kappa shape index (κ2) is 5.60. The fourth-order valence-electron chi connectivity index (χ4n) is 1.57. The Kier molecular flexibility index (Phi) is 3.86. The number of sulfonamides is 1. The minimum absolute atomic E-state index is 0.00663. The van der Waals surface area contributed by atoms with E-state index in [1.54, 1.807) is 12.1 Å². The zero-order valence-electron chi connectivity index (χ0n) is 10.5. The van der Waals surface area contributed by atoms with Gasteiger partial charge in [0, 0.05) is 6.20 Å². The monoisotopic (exact) mass is 303 g/mol. The maximum absolute atomic E-state index is 12.2. The predicted molar refractivity (Wildman–Crippen MR) is 73.2 cm³/mol. The smallest absolute Gasteiger partial charge is 0.337 e. The molecule has 0 radical (unpaired) electrons. The van der Waals surface area contributed by atoms with Crippen LogP contribution in [0.3, 0.4) is 0 Å². The van der Waals surface area contributed by atoms with Crippen molar-refractivity contribution in [2.45, 2.75) is 4.90 Å². The summed E-state index contributed by atoms with van der Waals surface area (Å²) in [5.74, 6) is -1.19. The third kappa shape index (κ3) is 3.16. The number of pyridine rings is 1. The Balaban J connectivity index is 2.34. The van der Waals surface area contributed by atoms with Crippen LogP contribution in [-0.4, -0.2) is 24.5 Å². The Bertz CT molecular complexity index is 823. The molecule has 0 aliphatic carbocycles. The summed E-state index contributed by atoms with van der Waals surface area (Å²) >= 11 is 0. The van der Waals surface area contributed by atoms with E-state index in [0.717, 1.165) is 6.20 Å². The minimum Gasteiger partial charge on any atom is -0.478 e. The molecule has 0 fully saturated rings. The van der Waals surface area contributed by atoms with Crippen molar-refractivity contribution in [3.05, 3.63) is 53.7 Å². The molecule has 0 atom stereocenters. The molecule has 2 rings (SSSR count). The molecule has 8 heteroatoms. The Morgan fingerprint density at radius 3 is 2.52 bits per heavy atom. The molecule has 1 heterocycles. The number of carboxylic acids is 1. The van der Waals surface area contributed by atoms with Crippen LogP contribution in [0.4, 0.5) is 5.82 Å². The van der Waals surface area contributed by atoms with Gasteiger partial charge in [0.25, 0.3) is 10.0 Å². The zero-order chi connectivity index (χ0) is 15.5. The average molecular weight is 303 g/mol. The quantitative estimate of drug-likeness (QED) is 0.882. The lowest BCUT2D eigenvalue weighted by Crippen LogP contribution is -2.15. The first-order valence-corrected chi connectivity index (χ1v) is 7.13. The normalized spacial score (nSPS) is 10.6. The molecule has 0 bridgehead atoms. The summed E-state index contributed by atoms with van der Waals surface area (Å²) in [6.45, 7) is 0. The van der Waals surface area contributed by atoms with Gasteiger partial charge in [-0.2, -0.15) is 5.26 Å². The number of carboxylic acid groups (broad SMARTS) is 1. The Labute approximate surface area is 120 Å². The van der Waals surface area contributed by atoms with Crippen LogP contribution in [0.2, 0.25) is 0 Å². The molecule has 106 valence electrons. The molecule has 0 spiro atoms. The van der Waals surface area contributed by atoms with Gasteiger partial charge in [-0.05, 0) is 24.3 Å². The Morgan fingerprint density at radius 1 is 1.24 bits per heavy atom. The maximum atomic E-state index is 12.2. The van der Waals surface area contributed by atoms with Crippen LogP contribution in [0.5, 0.6) is 0 Å². The highest BCUT2D eigenvalue weighted by atomic mass is 32.2. The van der Waals surface area contributed by atoms with E-state index in [-0.39, 0.29) is 21.8 Å². The lowest BCUT2D eigenvalue weighted by molar-refractivity contribution is 0.0696. The second-order valence-electron chi connectivity index (χ2n) is 3.95. The number of nitrogens with one attached hydrogen (secondary N) is 1. The number of nitrogens with zero attached hydrogens (tertiary/aromatic N) is 2. The number of rotatable bonds is 4. The maximum Gasteiger partial charge on any atom is 0.337 e. The summed E-state index contributed by atoms with van der Waals surface area (Å²) in [6, 6.07) is 9.98. The van der Waals surface area contributed by atoms with E-state index < -0.39 is 16.0 Å². The van der Waals surface area contributed by atoms with Crippen molar-refractivity contribution in [3.63, 3.8) is 0 Å². The van der Waals surface area contributed by atoms with E-state index in [1.807, 2.05) is 0 Å². The van der Waals surface area contributed by atoms with Gasteiger partial charge in [0.05, 0.1) is 11.1 Å². The molecular weight excluding hydrogens is 294 g/mol. The SMILES string of the molecule is N#Cc1ccccc1S(=O)(=O)Nc1ccc(C(=O)O)cn1. The van der Waals surface area contributed by atoms with Crippen molar-refractivity contribution in [2.24, 2.45) is 0 Å². The van der Waals surface area contributed by atoms with Gasteiger partial charge in [0.2, 0.25) is 0 Å². The van der Waals surface area contributed by atoms with Crippen molar-refractivity contribution >= 4 is 21.8 Å². The van der Waals surface area contributed by atoms with E-state index >= 15 is 0 Å². The van der Waals surface area contributed by atoms with Crippen molar-refractivity contribution < 1.29 is 18.3 Å². The van der Waals surface area contributed by atoms with Gasteiger partial charge < -0.3 is 5.11 Å². The number of hydrogen-bond donors (Lipinski definition) is 2. The fourth-order valence-corrected chi connectivity index (χ4v) is 2.73. The summed E-state index contributed by atoms with van der Waals surface area (Å²) in [7, 11) is -3.97. The molecule has 1 aromatic heterocycles. The van der Waals surface area contributed by atoms with Gasteiger partial charge in [0.1, 0.15) is 16.8 Å². The first kappa shape index (κ1) is 14.5. The van der Waals surface area contributed by atoms with Crippen molar-refractivity contribution in [3.8, 4) is 6.07 Å². The highest BCUT2D eigenvalue weighted by Crippen LogP contribution is 2.18. The van der Waals surface area contributed by atoms with Gasteiger partial charge >= 0.3 is 5.97 Å². The molecule has 0 amide bonds. The first-order chi connectivity index (χ1) is 9.94. The van der Waals surface area contributed by atoms with Crippen molar-refractivity contribution in [1.29, 1.82) is 5.26 Å². The molecule has 2 aromatic rings. The molecule has 7 nitrogen and oxygen atoms in total. The third-order valence-electron chi connectivity index (χ3n) is 2.55. The Morgan fingerprint density at radius 2 is 1.95 bits per heavy atom. The second-order valence-corrected chi connectivity index (χ2v) is 5.60. The van der Waals surface area contributed by atoms with E-state index in [4.69, 9.17) is 10.4 Å². The summed E-state index contributed by atoms with van der Waals surface area (Å²) in [5.41, 5.74) is -0.0532. The van der Waals surface area contributed by atoms with E-state index in [2.05, 4.69) is 9.71 Å². The number of nitriles is 1. The van der Waals surface area contributed by atoms with Crippen LogP contribution in [0, 0.1) is 11.3 Å². The summed E-state index contributed by atoms with van der Waals surface area (Å²) in [6.07, 6.45) is 1.04. The summed E-state index contributed by atoms with van der Waals surface area (Å²) < 4.78 is 26.6. The topological polar surface area (TPSA) is 120 Å². The van der Waals surface area contributed by atoms with Crippen molar-refractivity contribution in [2.75, 3.05) is 4.72 Å². The molecule has 0 aliphatic rings. The molecule has 1 aromatic carbocycles. The van der Waals surface area contributed by atoms with Gasteiger partial charge in [-0.1, -0.05) is 12.1 Å². The molecule has 0 aliphatic heterocycles. The number of aromatic carboxylic acids is 1. The minimum atomic E-state index is -3.97.